The SMILES string of the molecule is COc1ccc(N)cc1NC(=O)C(C)SC1CCCCC1. The number of thioether (sulfide) groups is 1. The van der Waals surface area contributed by atoms with Crippen LogP contribution in [-0.2, 0) is 4.79 Å². The fourth-order valence-corrected chi connectivity index (χ4v) is 3.97. The second-order valence-electron chi connectivity index (χ2n) is 5.49. The molecule has 21 heavy (non-hydrogen) atoms. The van der Waals surface area contributed by atoms with Crippen molar-refractivity contribution in [2.24, 2.45) is 0 Å². The highest BCUT2D eigenvalue weighted by atomic mass is 32.2. The second kappa shape index (κ2) is 7.59. The molecule has 1 amide bonds. The number of ether oxygens (including phenoxy) is 1. The van der Waals surface area contributed by atoms with Crippen molar-refractivity contribution in [1.29, 1.82) is 0 Å². The summed E-state index contributed by atoms with van der Waals surface area (Å²) in [5.41, 5.74) is 7.02. The van der Waals surface area contributed by atoms with Gasteiger partial charge in [0, 0.05) is 10.9 Å². The third-order valence-corrected chi connectivity index (χ3v) is 5.28. The molecule has 0 radical (unpaired) electrons. The van der Waals surface area contributed by atoms with E-state index < -0.39 is 0 Å². The quantitative estimate of drug-likeness (QED) is 0.815. The zero-order valence-corrected chi connectivity index (χ0v) is 13.5. The minimum atomic E-state index is -0.0702. The molecule has 1 fully saturated rings. The van der Waals surface area contributed by atoms with E-state index in [0.717, 1.165) is 0 Å². The van der Waals surface area contributed by atoms with Gasteiger partial charge in [0.2, 0.25) is 5.91 Å². The van der Waals surface area contributed by atoms with Gasteiger partial charge in [0.15, 0.2) is 0 Å². The molecular formula is C16H24N2O2S. The number of anilines is 2. The minimum Gasteiger partial charge on any atom is -0.495 e. The van der Waals surface area contributed by atoms with Crippen molar-refractivity contribution in [2.75, 3.05) is 18.2 Å². The fourth-order valence-electron chi connectivity index (χ4n) is 2.61. The first-order valence-corrected chi connectivity index (χ1v) is 8.44. The van der Waals surface area contributed by atoms with Gasteiger partial charge in [0.05, 0.1) is 18.0 Å². The van der Waals surface area contributed by atoms with Gasteiger partial charge in [-0.1, -0.05) is 19.3 Å². The molecule has 0 aromatic heterocycles. The number of hydrogen-bond acceptors (Lipinski definition) is 4. The molecule has 1 atom stereocenters. The van der Waals surface area contributed by atoms with Gasteiger partial charge < -0.3 is 15.8 Å². The van der Waals surface area contributed by atoms with Gasteiger partial charge in [0.25, 0.3) is 0 Å². The van der Waals surface area contributed by atoms with Crippen molar-refractivity contribution in [1.82, 2.24) is 0 Å². The Morgan fingerprint density at radius 1 is 1.38 bits per heavy atom. The van der Waals surface area contributed by atoms with Crippen LogP contribution in [0.25, 0.3) is 0 Å². The Morgan fingerprint density at radius 2 is 2.10 bits per heavy atom. The number of nitrogen functional groups attached to an aromatic ring is 1. The minimum absolute atomic E-state index is 0.00877. The van der Waals surface area contributed by atoms with E-state index in [4.69, 9.17) is 10.5 Å². The van der Waals surface area contributed by atoms with Gasteiger partial charge in [-0.15, -0.1) is 11.8 Å². The first-order chi connectivity index (χ1) is 10.1. The first kappa shape index (κ1) is 16.0. The lowest BCUT2D eigenvalue weighted by atomic mass is 10.0. The Labute approximate surface area is 130 Å². The number of methoxy groups -OCH3 is 1. The lowest BCUT2D eigenvalue weighted by Gasteiger charge is -2.24. The maximum Gasteiger partial charge on any atom is 0.237 e. The molecule has 3 N–H and O–H groups in total. The lowest BCUT2D eigenvalue weighted by molar-refractivity contribution is -0.115. The molecule has 1 aromatic carbocycles. The zero-order valence-electron chi connectivity index (χ0n) is 12.7. The molecule has 0 spiro atoms. The van der Waals surface area contributed by atoms with Crippen LogP contribution in [0.2, 0.25) is 0 Å². The van der Waals surface area contributed by atoms with E-state index in [1.807, 2.05) is 6.92 Å². The molecule has 4 nitrogen and oxygen atoms in total. The molecule has 0 bridgehead atoms. The van der Waals surface area contributed by atoms with Crippen LogP contribution < -0.4 is 15.8 Å². The maximum absolute atomic E-state index is 12.3. The monoisotopic (exact) mass is 308 g/mol. The van der Waals surface area contributed by atoms with E-state index in [1.54, 1.807) is 37.1 Å². The number of nitrogens with two attached hydrogens (primary N) is 1. The van der Waals surface area contributed by atoms with Crippen LogP contribution in [0.1, 0.15) is 39.0 Å². The summed E-state index contributed by atoms with van der Waals surface area (Å²) in [6, 6.07) is 5.26. The highest BCUT2D eigenvalue weighted by Crippen LogP contribution is 2.32. The molecule has 1 aliphatic rings. The fraction of sp³-hybridized carbons (Fsp3) is 0.562. The number of carbonyl (C=O) groups excluding carboxylic acids is 1. The molecular weight excluding hydrogens is 284 g/mol. The lowest BCUT2D eigenvalue weighted by Crippen LogP contribution is -2.25. The largest absolute Gasteiger partial charge is 0.495 e. The van der Waals surface area contributed by atoms with Crippen LogP contribution in [0.5, 0.6) is 5.75 Å². The molecule has 1 unspecified atom stereocenters. The summed E-state index contributed by atoms with van der Waals surface area (Å²) < 4.78 is 5.25. The summed E-state index contributed by atoms with van der Waals surface area (Å²) in [6.45, 7) is 1.97. The van der Waals surface area contributed by atoms with Crippen LogP contribution in [0, 0.1) is 0 Å². The summed E-state index contributed by atoms with van der Waals surface area (Å²) in [5, 5.41) is 3.47. The van der Waals surface area contributed by atoms with Crippen LogP contribution in [0.3, 0.4) is 0 Å². The van der Waals surface area contributed by atoms with Gasteiger partial charge in [-0.2, -0.15) is 0 Å². The molecule has 0 aliphatic heterocycles. The molecule has 0 saturated heterocycles. The molecule has 2 rings (SSSR count). The van der Waals surface area contributed by atoms with E-state index in [0.29, 0.717) is 22.4 Å². The standard InChI is InChI=1S/C16H24N2O2S/c1-11(21-13-6-4-3-5-7-13)16(19)18-14-10-12(17)8-9-15(14)20-2/h8-11,13H,3-7,17H2,1-2H3,(H,18,19). The smallest absolute Gasteiger partial charge is 0.237 e. The summed E-state index contributed by atoms with van der Waals surface area (Å²) in [5.74, 6) is 0.641. The average molecular weight is 308 g/mol. The molecule has 116 valence electrons. The number of benzene rings is 1. The van der Waals surface area contributed by atoms with Crippen molar-refractivity contribution in [3.8, 4) is 5.75 Å². The van der Waals surface area contributed by atoms with E-state index >= 15 is 0 Å². The van der Waals surface area contributed by atoms with E-state index in [1.165, 1.54) is 32.1 Å². The van der Waals surface area contributed by atoms with E-state index in [-0.39, 0.29) is 11.2 Å². The highest BCUT2D eigenvalue weighted by Gasteiger charge is 2.22. The molecule has 0 heterocycles. The summed E-state index contributed by atoms with van der Waals surface area (Å²) in [4.78, 5) is 12.3. The van der Waals surface area contributed by atoms with Crippen LogP contribution in [-0.4, -0.2) is 23.5 Å². The Balaban J connectivity index is 1.95. The number of amides is 1. The topological polar surface area (TPSA) is 64.3 Å². The summed E-state index contributed by atoms with van der Waals surface area (Å²) in [6.07, 6.45) is 6.36. The van der Waals surface area contributed by atoms with Crippen molar-refractivity contribution in [3.05, 3.63) is 18.2 Å². The third kappa shape index (κ3) is 4.56. The van der Waals surface area contributed by atoms with Crippen LogP contribution in [0.4, 0.5) is 11.4 Å². The van der Waals surface area contributed by atoms with E-state index in [9.17, 15) is 4.79 Å². The number of carbonyl (C=O) groups is 1. The van der Waals surface area contributed by atoms with Crippen molar-refractivity contribution >= 4 is 29.0 Å². The van der Waals surface area contributed by atoms with Gasteiger partial charge in [-0.25, -0.2) is 0 Å². The summed E-state index contributed by atoms with van der Waals surface area (Å²) in [7, 11) is 1.58. The molecule has 1 aliphatic carbocycles. The number of hydrogen-bond donors (Lipinski definition) is 2. The molecule has 5 heteroatoms. The third-order valence-electron chi connectivity index (χ3n) is 3.80. The molecule has 1 saturated carbocycles. The number of rotatable bonds is 5. The Kier molecular flexibility index (Phi) is 5.79. The van der Waals surface area contributed by atoms with Crippen molar-refractivity contribution in [2.45, 2.75) is 49.5 Å². The summed E-state index contributed by atoms with van der Waals surface area (Å²) >= 11 is 1.78. The van der Waals surface area contributed by atoms with Crippen LogP contribution in [0.15, 0.2) is 18.2 Å². The van der Waals surface area contributed by atoms with Crippen molar-refractivity contribution in [3.63, 3.8) is 0 Å². The predicted octanol–water partition coefficient (Wildman–Crippen LogP) is 3.67. The number of nitrogens with one attached hydrogen (secondary N) is 1. The van der Waals surface area contributed by atoms with Gasteiger partial charge in [-0.05, 0) is 38.0 Å². The van der Waals surface area contributed by atoms with Crippen LogP contribution >= 0.6 is 11.8 Å². The van der Waals surface area contributed by atoms with Crippen molar-refractivity contribution < 1.29 is 9.53 Å². The maximum atomic E-state index is 12.3. The average Bonchev–Trinajstić information content (AvgIpc) is 2.48. The normalized spacial score (nSPS) is 17.2. The zero-order chi connectivity index (χ0) is 15.2. The predicted molar refractivity (Wildman–Crippen MR) is 90.0 cm³/mol. The van der Waals surface area contributed by atoms with E-state index in [2.05, 4.69) is 5.32 Å². The first-order valence-electron chi connectivity index (χ1n) is 7.50. The Hall–Kier alpha value is -1.36. The molecule has 1 aromatic rings. The van der Waals surface area contributed by atoms with Gasteiger partial charge >= 0.3 is 0 Å². The van der Waals surface area contributed by atoms with Gasteiger partial charge in [-0.3, -0.25) is 4.79 Å². The van der Waals surface area contributed by atoms with Gasteiger partial charge in [0.1, 0.15) is 5.75 Å². The highest BCUT2D eigenvalue weighted by molar-refractivity contribution is 8.01. The second-order valence-corrected chi connectivity index (χ2v) is 7.13. The Bertz CT molecular complexity index is 487. The Morgan fingerprint density at radius 3 is 2.76 bits per heavy atom.